The molecule has 0 spiro atoms. The molecule has 2 heterocycles. The maximum absolute atomic E-state index is 13.9. The molecule has 1 unspecified atom stereocenters. The number of carbonyl (C=O) groups excluding carboxylic acids is 8. The van der Waals surface area contributed by atoms with Crippen molar-refractivity contribution in [1.82, 2.24) is 52.1 Å². The smallest absolute Gasteiger partial charge is 0.290 e. The van der Waals surface area contributed by atoms with E-state index in [4.69, 9.17) is 0 Å². The second kappa shape index (κ2) is 22.4. The lowest BCUT2D eigenvalue weighted by Crippen LogP contribution is -2.59. The first-order valence-corrected chi connectivity index (χ1v) is 20.3. The molecule has 1 saturated heterocycles. The van der Waals surface area contributed by atoms with E-state index in [0.717, 1.165) is 32.1 Å². The summed E-state index contributed by atoms with van der Waals surface area (Å²) >= 11 is 0. The number of Topliss-reactive ketones (excluding diaryl/α,β-unsaturated/α-hetero) is 1. The van der Waals surface area contributed by atoms with Gasteiger partial charge in [-0.3, -0.25) is 43.3 Å². The van der Waals surface area contributed by atoms with Crippen molar-refractivity contribution in [1.29, 1.82) is 0 Å². The number of amides is 7. The Labute approximate surface area is 344 Å². The summed E-state index contributed by atoms with van der Waals surface area (Å²) in [5, 5.41) is 19.2. The van der Waals surface area contributed by atoms with Crippen LogP contribution in [0.4, 0.5) is 0 Å². The summed E-state index contributed by atoms with van der Waals surface area (Å²) in [5.41, 5.74) is 0.604. The predicted molar refractivity (Wildman–Crippen MR) is 216 cm³/mol. The number of rotatable bonds is 19. The molecule has 7 N–H and O–H groups in total. The standard InChI is InChI=1S/C41H58N10O8/c1-6-13-28(35(53)40(58)45-23-31(52)48-34(41(59)51(4)5)26-16-11-8-12-17-26)46-36(54)27-20-43-21-29(27)47-38(56)32(24(2)3)49-39(57)33(25-14-9-7-10-15-25)50-37(55)30-22-42-18-19-44-30/h8,11-12,16-19,22,24-25,27-29,32-34,43H,6-7,9-10,13-15,20-21,23H2,1-5H3,(H,45,58)(H,46,54)(H,47,56)(H,48,52)(H,49,57)(H,50,55)/t27-,28+,29+,32?,33+,34+/m1/s1. The zero-order valence-corrected chi connectivity index (χ0v) is 34.4. The normalized spacial score (nSPS) is 18.6. The molecule has 0 bridgehead atoms. The number of hydrogen-bond donors (Lipinski definition) is 7. The number of likely N-dealkylation sites (N-methyl/N-ethyl adjacent to an activating group) is 1. The summed E-state index contributed by atoms with van der Waals surface area (Å²) in [6.45, 7) is 5.13. The number of ketones is 1. The Morgan fingerprint density at radius 2 is 1.58 bits per heavy atom. The summed E-state index contributed by atoms with van der Waals surface area (Å²) in [6.07, 6.45) is 9.02. The Morgan fingerprint density at radius 1 is 0.864 bits per heavy atom. The van der Waals surface area contributed by atoms with Crippen molar-refractivity contribution >= 4 is 47.1 Å². The van der Waals surface area contributed by atoms with Crippen molar-refractivity contribution in [2.75, 3.05) is 33.7 Å². The van der Waals surface area contributed by atoms with E-state index in [-0.39, 0.29) is 42.9 Å². The van der Waals surface area contributed by atoms with E-state index >= 15 is 0 Å². The fraction of sp³-hybridized carbons (Fsp3) is 0.561. The molecule has 18 nitrogen and oxygen atoms in total. The fourth-order valence-electron chi connectivity index (χ4n) is 7.30. The first-order chi connectivity index (χ1) is 28.2. The lowest BCUT2D eigenvalue weighted by Gasteiger charge is -2.32. The number of hydrogen-bond acceptors (Lipinski definition) is 11. The van der Waals surface area contributed by atoms with Gasteiger partial charge in [0.2, 0.25) is 35.3 Å². The van der Waals surface area contributed by atoms with Gasteiger partial charge >= 0.3 is 0 Å². The summed E-state index contributed by atoms with van der Waals surface area (Å²) in [5.74, 6) is -6.61. The van der Waals surface area contributed by atoms with Crippen LogP contribution in [0.15, 0.2) is 48.9 Å². The minimum Gasteiger partial charge on any atom is -0.349 e. The third-order valence-corrected chi connectivity index (χ3v) is 10.6. The zero-order chi connectivity index (χ0) is 43.1. The van der Waals surface area contributed by atoms with Crippen LogP contribution in [0.3, 0.4) is 0 Å². The predicted octanol–water partition coefficient (Wildman–Crippen LogP) is -0.0838. The first-order valence-electron chi connectivity index (χ1n) is 20.3. The Hall–Kier alpha value is -5.78. The minimum absolute atomic E-state index is 0.0651. The van der Waals surface area contributed by atoms with Crippen LogP contribution in [-0.4, -0.2) is 120 Å². The van der Waals surface area contributed by atoms with Gasteiger partial charge < -0.3 is 42.1 Å². The summed E-state index contributed by atoms with van der Waals surface area (Å²) in [7, 11) is 3.10. The van der Waals surface area contributed by atoms with E-state index in [0.29, 0.717) is 12.0 Å². The molecule has 1 aliphatic carbocycles. The van der Waals surface area contributed by atoms with Crippen LogP contribution in [0.5, 0.6) is 0 Å². The Bertz CT molecular complexity index is 1790. The van der Waals surface area contributed by atoms with Gasteiger partial charge in [-0.25, -0.2) is 4.98 Å². The number of nitrogens with one attached hydrogen (secondary N) is 7. The third-order valence-electron chi connectivity index (χ3n) is 10.6. The molecular weight excluding hydrogens is 761 g/mol. The van der Waals surface area contributed by atoms with Crippen LogP contribution in [0.25, 0.3) is 0 Å². The van der Waals surface area contributed by atoms with Crippen LogP contribution in [0.1, 0.15) is 87.8 Å². The second-order valence-electron chi connectivity index (χ2n) is 15.6. The van der Waals surface area contributed by atoms with Crippen molar-refractivity contribution in [3.63, 3.8) is 0 Å². The van der Waals surface area contributed by atoms with Gasteiger partial charge in [0.05, 0.1) is 30.7 Å². The van der Waals surface area contributed by atoms with Crippen LogP contribution >= 0.6 is 0 Å². The van der Waals surface area contributed by atoms with Gasteiger partial charge in [0.1, 0.15) is 23.8 Å². The highest BCUT2D eigenvalue weighted by Crippen LogP contribution is 2.27. The lowest BCUT2D eigenvalue weighted by atomic mass is 9.83. The van der Waals surface area contributed by atoms with Gasteiger partial charge in [-0.2, -0.15) is 0 Å². The maximum atomic E-state index is 13.9. The van der Waals surface area contributed by atoms with Crippen molar-refractivity contribution in [2.24, 2.45) is 17.8 Å². The van der Waals surface area contributed by atoms with Crippen LogP contribution in [-0.2, 0) is 33.6 Å². The molecule has 0 radical (unpaired) electrons. The molecule has 6 atom stereocenters. The van der Waals surface area contributed by atoms with E-state index in [1.807, 2.05) is 0 Å². The second-order valence-corrected chi connectivity index (χ2v) is 15.6. The molecule has 2 aromatic rings. The monoisotopic (exact) mass is 818 g/mol. The summed E-state index contributed by atoms with van der Waals surface area (Å²) in [6, 6.07) is 3.72. The molecule has 18 heteroatoms. The number of aromatic nitrogens is 2. The number of carbonyl (C=O) groups is 8. The highest BCUT2D eigenvalue weighted by atomic mass is 16.2. The highest BCUT2D eigenvalue weighted by molar-refractivity contribution is 6.38. The molecule has 4 rings (SSSR count). The summed E-state index contributed by atoms with van der Waals surface area (Å²) in [4.78, 5) is 116. The van der Waals surface area contributed by atoms with Gasteiger partial charge in [0.15, 0.2) is 0 Å². The molecule has 7 amide bonds. The molecule has 1 aromatic heterocycles. The molecule has 2 fully saturated rings. The third kappa shape index (κ3) is 13.1. The topological polar surface area (TPSA) is 250 Å². The number of nitrogens with zero attached hydrogens (tertiary/aromatic N) is 3. The number of benzene rings is 1. The molecule has 1 aliphatic heterocycles. The van der Waals surface area contributed by atoms with E-state index in [1.165, 1.54) is 23.5 Å². The van der Waals surface area contributed by atoms with E-state index in [1.54, 1.807) is 65.2 Å². The Kier molecular flexibility index (Phi) is 17.4. The van der Waals surface area contributed by atoms with Crippen molar-refractivity contribution in [3.8, 4) is 0 Å². The van der Waals surface area contributed by atoms with E-state index < -0.39 is 83.9 Å². The van der Waals surface area contributed by atoms with Crippen molar-refractivity contribution in [2.45, 2.75) is 95.9 Å². The average molecular weight is 819 g/mol. The molecular formula is C41H58N10O8. The van der Waals surface area contributed by atoms with Crippen LogP contribution in [0.2, 0.25) is 0 Å². The zero-order valence-electron chi connectivity index (χ0n) is 34.4. The molecule has 59 heavy (non-hydrogen) atoms. The van der Waals surface area contributed by atoms with Gasteiger partial charge in [-0.15, -0.1) is 0 Å². The molecule has 1 saturated carbocycles. The largest absolute Gasteiger partial charge is 0.349 e. The lowest BCUT2D eigenvalue weighted by molar-refractivity contribution is -0.141. The molecule has 2 aliphatic rings. The maximum Gasteiger partial charge on any atom is 0.290 e. The van der Waals surface area contributed by atoms with E-state index in [9.17, 15) is 38.4 Å². The summed E-state index contributed by atoms with van der Waals surface area (Å²) < 4.78 is 0. The SMILES string of the molecule is CCC[C@H](NC(=O)[C@@H]1CNC[C@@H]1NC(=O)C(NC(=O)[C@@H](NC(=O)c1cnccn1)C1CCCCC1)C(C)C)C(=O)C(=O)NCC(=O)N[C@H](C(=O)N(C)C)c1ccccc1. The fourth-order valence-corrected chi connectivity index (χ4v) is 7.30. The van der Waals surface area contributed by atoms with E-state index in [2.05, 4.69) is 47.2 Å². The van der Waals surface area contributed by atoms with Gasteiger partial charge in [0.25, 0.3) is 11.8 Å². The van der Waals surface area contributed by atoms with Gasteiger partial charge in [-0.1, -0.05) is 76.8 Å². The quantitative estimate of drug-likeness (QED) is 0.0924. The van der Waals surface area contributed by atoms with Gasteiger partial charge in [-0.05, 0) is 36.7 Å². The average Bonchev–Trinajstić information content (AvgIpc) is 3.70. The Morgan fingerprint density at radius 3 is 2.20 bits per heavy atom. The minimum atomic E-state index is -1.21. The van der Waals surface area contributed by atoms with Crippen molar-refractivity contribution in [3.05, 3.63) is 60.2 Å². The van der Waals surface area contributed by atoms with Crippen molar-refractivity contribution < 1.29 is 38.4 Å². The van der Waals surface area contributed by atoms with Crippen LogP contribution in [0, 0.1) is 17.8 Å². The van der Waals surface area contributed by atoms with Crippen LogP contribution < -0.4 is 37.2 Å². The highest BCUT2D eigenvalue weighted by Gasteiger charge is 2.40. The Balaban J connectivity index is 1.36. The molecule has 1 aromatic carbocycles. The van der Waals surface area contributed by atoms with Gasteiger partial charge in [0, 0.05) is 39.6 Å². The first kappa shape index (κ1) is 45.9. The molecule has 320 valence electrons.